The number of hydrogen-bond donors (Lipinski definition) is 0. The molecule has 2 heteroatoms. The fourth-order valence-electron chi connectivity index (χ4n) is 0.542. The van der Waals surface area contributed by atoms with E-state index in [9.17, 15) is 5.11 Å². The summed E-state index contributed by atoms with van der Waals surface area (Å²) in [5.41, 5.74) is 0. The molecule has 2 unspecified atom stereocenters. The second-order valence-electron chi connectivity index (χ2n) is 2.39. The van der Waals surface area contributed by atoms with E-state index in [2.05, 4.69) is 15.9 Å². The molecule has 0 heterocycles. The van der Waals surface area contributed by atoms with Crippen molar-refractivity contribution in [1.29, 1.82) is 0 Å². The normalized spacial score (nSPS) is 18.8. The third kappa shape index (κ3) is 2.68. The largest absolute Gasteiger partial charge is 0.232 e. The van der Waals surface area contributed by atoms with Gasteiger partial charge in [0, 0.05) is 4.83 Å². The Kier molecular flexibility index (Phi) is 3.65. The highest BCUT2D eigenvalue weighted by Gasteiger charge is 2.15. The topological polar surface area (TPSA) is 19.9 Å². The Bertz CT molecular complexity index is 53.5. The van der Waals surface area contributed by atoms with Gasteiger partial charge >= 0.3 is 0 Å². The minimum atomic E-state index is -0.491. The van der Waals surface area contributed by atoms with Gasteiger partial charge in [-0.1, -0.05) is 29.8 Å². The van der Waals surface area contributed by atoms with Gasteiger partial charge < -0.3 is 0 Å². The highest BCUT2D eigenvalue weighted by atomic mass is 79.9. The molecule has 0 amide bonds. The molecule has 8 heavy (non-hydrogen) atoms. The summed E-state index contributed by atoms with van der Waals surface area (Å²) in [6, 6.07) is 0. The molecule has 49 valence electrons. The predicted molar refractivity (Wildman–Crippen MR) is 37.7 cm³/mol. The van der Waals surface area contributed by atoms with Crippen LogP contribution in [0.5, 0.6) is 0 Å². The molecule has 0 spiro atoms. The van der Waals surface area contributed by atoms with Crippen LogP contribution in [0.1, 0.15) is 20.8 Å². The second-order valence-corrected chi connectivity index (χ2v) is 3.45. The fraction of sp³-hybridized carbons (Fsp3) is 1.00. The molecule has 0 bridgehead atoms. The molecule has 0 saturated heterocycles. The molecule has 0 aliphatic rings. The van der Waals surface area contributed by atoms with Gasteiger partial charge in [0.25, 0.3) is 0 Å². The maximum atomic E-state index is 10.6. The van der Waals surface area contributed by atoms with Gasteiger partial charge in [0.15, 0.2) is 0 Å². The molecule has 0 aromatic heterocycles. The smallest absolute Gasteiger partial charge is 0.103 e. The lowest BCUT2D eigenvalue weighted by molar-refractivity contribution is 0.0941. The first-order chi connectivity index (χ1) is 3.55. The quantitative estimate of drug-likeness (QED) is 0.580. The Labute approximate surface area is 59.2 Å². The van der Waals surface area contributed by atoms with Crippen LogP contribution < -0.4 is 0 Å². The Morgan fingerprint density at radius 2 is 1.62 bits per heavy atom. The fourth-order valence-corrected chi connectivity index (χ4v) is 0.542. The van der Waals surface area contributed by atoms with Crippen LogP contribution in [-0.4, -0.2) is 10.9 Å². The van der Waals surface area contributed by atoms with Gasteiger partial charge in [-0.25, -0.2) is 5.11 Å². The van der Waals surface area contributed by atoms with Crippen molar-refractivity contribution in [3.63, 3.8) is 0 Å². The van der Waals surface area contributed by atoms with Crippen molar-refractivity contribution in [1.82, 2.24) is 0 Å². The summed E-state index contributed by atoms with van der Waals surface area (Å²) in [5, 5.41) is 10.6. The molecular weight excluding hydrogens is 168 g/mol. The molecule has 0 fully saturated rings. The zero-order valence-corrected chi connectivity index (χ0v) is 7.10. The van der Waals surface area contributed by atoms with E-state index in [1.54, 1.807) is 6.92 Å². The molecule has 0 rings (SSSR count). The maximum Gasteiger partial charge on any atom is 0.103 e. The zero-order chi connectivity index (χ0) is 6.73. The van der Waals surface area contributed by atoms with Crippen molar-refractivity contribution in [2.45, 2.75) is 31.7 Å². The molecule has 1 nitrogen and oxygen atoms in total. The molecule has 0 N–H and O–H groups in total. The standard InChI is InChI=1S/C6H12BrO/c1-4(2)6(7)5(3)8/h4-6H,1-3H3. The van der Waals surface area contributed by atoms with E-state index in [4.69, 9.17) is 0 Å². The van der Waals surface area contributed by atoms with E-state index in [0.29, 0.717) is 5.92 Å². The number of halogens is 1. The first-order valence-corrected chi connectivity index (χ1v) is 3.77. The van der Waals surface area contributed by atoms with Gasteiger partial charge in [0.05, 0.1) is 0 Å². The summed E-state index contributed by atoms with van der Waals surface area (Å²) < 4.78 is 0. The van der Waals surface area contributed by atoms with E-state index < -0.39 is 6.10 Å². The van der Waals surface area contributed by atoms with E-state index >= 15 is 0 Å². The van der Waals surface area contributed by atoms with Crippen LogP contribution in [-0.2, 0) is 5.11 Å². The van der Waals surface area contributed by atoms with Crippen LogP contribution in [0.25, 0.3) is 0 Å². The summed E-state index contributed by atoms with van der Waals surface area (Å²) in [6.45, 7) is 5.75. The molecule has 0 aliphatic heterocycles. The van der Waals surface area contributed by atoms with Crippen LogP contribution in [0.15, 0.2) is 0 Å². The number of rotatable bonds is 2. The van der Waals surface area contributed by atoms with Gasteiger partial charge in [-0.2, -0.15) is 0 Å². The highest BCUT2D eigenvalue weighted by Crippen LogP contribution is 2.15. The molecule has 1 radical (unpaired) electrons. The monoisotopic (exact) mass is 179 g/mol. The molecular formula is C6H12BrO. The van der Waals surface area contributed by atoms with Gasteiger partial charge in [-0.05, 0) is 12.8 Å². The summed E-state index contributed by atoms with van der Waals surface area (Å²) in [4.78, 5) is 0.127. The molecule has 0 aliphatic carbocycles. The Morgan fingerprint density at radius 3 is 1.62 bits per heavy atom. The summed E-state index contributed by atoms with van der Waals surface area (Å²) in [5.74, 6) is 0.447. The van der Waals surface area contributed by atoms with Crippen LogP contribution >= 0.6 is 15.9 Å². The van der Waals surface area contributed by atoms with Crippen LogP contribution in [0, 0.1) is 5.92 Å². The summed E-state index contributed by atoms with van der Waals surface area (Å²) in [7, 11) is 0. The van der Waals surface area contributed by atoms with Crippen molar-refractivity contribution in [2.24, 2.45) is 5.92 Å². The minimum Gasteiger partial charge on any atom is -0.232 e. The minimum absolute atomic E-state index is 0.127. The van der Waals surface area contributed by atoms with Crippen molar-refractivity contribution >= 4 is 15.9 Å². The van der Waals surface area contributed by atoms with E-state index in [1.165, 1.54) is 0 Å². The lowest BCUT2D eigenvalue weighted by atomic mass is 10.1. The summed E-state index contributed by atoms with van der Waals surface area (Å²) in [6.07, 6.45) is -0.491. The van der Waals surface area contributed by atoms with E-state index in [1.807, 2.05) is 13.8 Å². The third-order valence-electron chi connectivity index (χ3n) is 1.09. The Morgan fingerprint density at radius 1 is 1.25 bits per heavy atom. The van der Waals surface area contributed by atoms with Gasteiger partial charge in [0.1, 0.15) is 6.10 Å². The zero-order valence-electron chi connectivity index (χ0n) is 5.52. The van der Waals surface area contributed by atoms with Crippen LogP contribution in [0.3, 0.4) is 0 Å². The van der Waals surface area contributed by atoms with Gasteiger partial charge in [-0.15, -0.1) is 0 Å². The molecule has 0 aromatic carbocycles. The van der Waals surface area contributed by atoms with E-state index in [-0.39, 0.29) is 4.83 Å². The number of hydrogen-bond acceptors (Lipinski definition) is 0. The van der Waals surface area contributed by atoms with Gasteiger partial charge in [0.2, 0.25) is 0 Å². The van der Waals surface area contributed by atoms with Crippen molar-refractivity contribution in [3.05, 3.63) is 0 Å². The molecule has 0 aromatic rings. The highest BCUT2D eigenvalue weighted by molar-refractivity contribution is 9.09. The number of alkyl halides is 1. The first kappa shape index (κ1) is 8.44. The predicted octanol–water partition coefficient (Wildman–Crippen LogP) is 2.22. The van der Waals surface area contributed by atoms with E-state index in [0.717, 1.165) is 0 Å². The van der Waals surface area contributed by atoms with Crippen molar-refractivity contribution in [2.75, 3.05) is 0 Å². The Hall–Kier alpha value is 0.440. The van der Waals surface area contributed by atoms with Crippen LogP contribution in [0.2, 0.25) is 0 Å². The lowest BCUT2D eigenvalue weighted by Gasteiger charge is -2.13. The SMILES string of the molecule is CC(C)C(Br)C(C)[O]. The van der Waals surface area contributed by atoms with Crippen molar-refractivity contribution < 1.29 is 5.11 Å². The third-order valence-corrected chi connectivity index (χ3v) is 2.89. The van der Waals surface area contributed by atoms with Crippen LogP contribution in [0.4, 0.5) is 0 Å². The molecule has 0 saturated carbocycles. The second kappa shape index (κ2) is 3.46. The lowest BCUT2D eigenvalue weighted by Crippen LogP contribution is -2.20. The maximum absolute atomic E-state index is 10.6. The molecule has 2 atom stereocenters. The van der Waals surface area contributed by atoms with Gasteiger partial charge in [-0.3, -0.25) is 0 Å². The average molecular weight is 180 g/mol. The average Bonchev–Trinajstić information content (AvgIpc) is 1.64. The Balaban J connectivity index is 3.46. The summed E-state index contributed by atoms with van der Waals surface area (Å²) >= 11 is 3.29. The first-order valence-electron chi connectivity index (χ1n) is 2.85. The van der Waals surface area contributed by atoms with Crippen molar-refractivity contribution in [3.8, 4) is 0 Å².